The first-order valence-electron chi connectivity index (χ1n) is 9.39. The summed E-state index contributed by atoms with van der Waals surface area (Å²) in [6.07, 6.45) is 3.52. The van der Waals surface area contributed by atoms with Gasteiger partial charge in [-0.05, 0) is 44.8 Å². The number of nitro groups is 1. The highest BCUT2D eigenvalue weighted by atomic mass is 16.6. The third-order valence-corrected chi connectivity index (χ3v) is 4.89. The summed E-state index contributed by atoms with van der Waals surface area (Å²) >= 11 is 0. The number of benzene rings is 1. The number of aliphatic hydroxyl groups excluding tert-OH is 1. The average molecular weight is 410 g/mol. The molecule has 2 aromatic rings. The maximum Gasteiger partial charge on any atom is 0.295 e. The van der Waals surface area contributed by atoms with E-state index in [0.29, 0.717) is 24.1 Å². The lowest BCUT2D eigenvalue weighted by Gasteiger charge is -2.25. The van der Waals surface area contributed by atoms with Crippen LogP contribution in [0.1, 0.15) is 23.6 Å². The van der Waals surface area contributed by atoms with Crippen LogP contribution in [0, 0.1) is 10.1 Å². The summed E-state index contributed by atoms with van der Waals surface area (Å²) in [5, 5.41) is 22.1. The van der Waals surface area contributed by atoms with Crippen molar-refractivity contribution >= 4 is 23.1 Å². The van der Waals surface area contributed by atoms with Crippen molar-refractivity contribution < 1.29 is 19.6 Å². The molecule has 1 aromatic heterocycles. The number of carbonyl (C=O) groups excluding carboxylic acids is 2. The Balaban J connectivity index is 2.12. The molecule has 1 saturated heterocycles. The number of Topliss-reactive ketones (excluding diaryl/α,β-unsaturated/α-hetero) is 1. The SMILES string of the molecule is CN(C)CCCN1C(=O)C(=O)/C(=C(/O)c2ccncc2)[C@H]1c1cccc([N+](=O)[O-])c1. The van der Waals surface area contributed by atoms with Crippen molar-refractivity contribution in [3.05, 3.63) is 75.6 Å². The van der Waals surface area contributed by atoms with Gasteiger partial charge in [0.25, 0.3) is 17.4 Å². The summed E-state index contributed by atoms with van der Waals surface area (Å²) in [6, 6.07) is 7.92. The van der Waals surface area contributed by atoms with Crippen LogP contribution in [0.2, 0.25) is 0 Å². The van der Waals surface area contributed by atoms with Crippen LogP contribution in [0.4, 0.5) is 5.69 Å². The zero-order chi connectivity index (χ0) is 21.8. The van der Waals surface area contributed by atoms with E-state index in [9.17, 15) is 24.8 Å². The van der Waals surface area contributed by atoms with Crippen molar-refractivity contribution in [1.82, 2.24) is 14.8 Å². The lowest BCUT2D eigenvalue weighted by Crippen LogP contribution is -2.32. The number of ketones is 1. The van der Waals surface area contributed by atoms with Gasteiger partial charge in [0.1, 0.15) is 5.76 Å². The second kappa shape index (κ2) is 8.83. The molecule has 0 saturated carbocycles. The fourth-order valence-corrected chi connectivity index (χ4v) is 3.49. The van der Waals surface area contributed by atoms with Crippen LogP contribution < -0.4 is 0 Å². The molecule has 0 radical (unpaired) electrons. The van der Waals surface area contributed by atoms with Crippen LogP contribution in [-0.4, -0.2) is 63.7 Å². The number of amides is 1. The molecule has 1 aromatic carbocycles. The minimum atomic E-state index is -0.916. The number of nitrogens with zero attached hydrogens (tertiary/aromatic N) is 4. The van der Waals surface area contributed by atoms with Gasteiger partial charge < -0.3 is 14.9 Å². The molecule has 0 bridgehead atoms. The number of nitro benzene ring substituents is 1. The van der Waals surface area contributed by atoms with E-state index in [1.807, 2.05) is 19.0 Å². The fraction of sp³-hybridized carbons (Fsp3) is 0.286. The van der Waals surface area contributed by atoms with Gasteiger partial charge in [0.15, 0.2) is 0 Å². The standard InChI is InChI=1S/C21H22N4O5/c1-23(2)11-4-12-24-18(15-5-3-6-16(13-15)25(29)30)17(20(27)21(24)28)19(26)14-7-9-22-10-8-14/h3,5-10,13,18,26H,4,11-12H2,1-2H3/b19-17+/t18-/m1/s1. The lowest BCUT2D eigenvalue weighted by atomic mass is 9.95. The summed E-state index contributed by atoms with van der Waals surface area (Å²) in [4.78, 5) is 43.6. The Morgan fingerprint density at radius 3 is 2.57 bits per heavy atom. The van der Waals surface area contributed by atoms with Crippen molar-refractivity contribution in [2.45, 2.75) is 12.5 Å². The van der Waals surface area contributed by atoms with Gasteiger partial charge in [-0.15, -0.1) is 0 Å². The van der Waals surface area contributed by atoms with Crippen LogP contribution in [0.3, 0.4) is 0 Å². The maximum atomic E-state index is 12.9. The molecular formula is C21H22N4O5. The van der Waals surface area contributed by atoms with E-state index >= 15 is 0 Å². The zero-order valence-corrected chi connectivity index (χ0v) is 16.7. The third-order valence-electron chi connectivity index (χ3n) is 4.89. The number of non-ortho nitro benzene ring substituents is 1. The number of pyridine rings is 1. The van der Waals surface area contributed by atoms with E-state index in [1.165, 1.54) is 47.6 Å². The van der Waals surface area contributed by atoms with E-state index in [0.717, 1.165) is 0 Å². The quantitative estimate of drug-likeness (QED) is 0.245. The van der Waals surface area contributed by atoms with Gasteiger partial charge >= 0.3 is 0 Å². The van der Waals surface area contributed by atoms with Crippen LogP contribution in [0.25, 0.3) is 5.76 Å². The Bertz CT molecular complexity index is 1000. The molecule has 0 spiro atoms. The normalized spacial score (nSPS) is 18.2. The second-order valence-electron chi connectivity index (χ2n) is 7.24. The van der Waals surface area contributed by atoms with Crippen LogP contribution in [0.15, 0.2) is 54.4 Å². The maximum absolute atomic E-state index is 12.9. The number of hydrogen-bond acceptors (Lipinski definition) is 7. The Morgan fingerprint density at radius 2 is 1.93 bits per heavy atom. The predicted molar refractivity (Wildman–Crippen MR) is 110 cm³/mol. The minimum absolute atomic E-state index is 0.0865. The second-order valence-corrected chi connectivity index (χ2v) is 7.24. The molecule has 1 atom stereocenters. The summed E-state index contributed by atoms with van der Waals surface area (Å²) in [7, 11) is 3.80. The first kappa shape index (κ1) is 21.1. The van der Waals surface area contributed by atoms with Crippen LogP contribution in [-0.2, 0) is 9.59 Å². The average Bonchev–Trinajstić information content (AvgIpc) is 2.98. The van der Waals surface area contributed by atoms with E-state index < -0.39 is 22.7 Å². The summed E-state index contributed by atoms with van der Waals surface area (Å²) in [5.41, 5.74) is 0.488. The van der Waals surface area contributed by atoms with Crippen molar-refractivity contribution in [2.24, 2.45) is 0 Å². The highest BCUT2D eigenvalue weighted by molar-refractivity contribution is 6.46. The van der Waals surface area contributed by atoms with Gasteiger partial charge in [0, 0.05) is 36.6 Å². The van der Waals surface area contributed by atoms with E-state index in [1.54, 1.807) is 6.07 Å². The fourth-order valence-electron chi connectivity index (χ4n) is 3.49. The van der Waals surface area contributed by atoms with Crippen molar-refractivity contribution in [1.29, 1.82) is 0 Å². The number of aliphatic hydroxyl groups is 1. The summed E-state index contributed by atoms with van der Waals surface area (Å²) < 4.78 is 0. The number of aromatic nitrogens is 1. The molecule has 1 fully saturated rings. The van der Waals surface area contributed by atoms with E-state index in [-0.39, 0.29) is 23.6 Å². The molecule has 0 unspecified atom stereocenters. The van der Waals surface area contributed by atoms with Crippen LogP contribution in [0.5, 0.6) is 0 Å². The first-order valence-corrected chi connectivity index (χ1v) is 9.39. The van der Waals surface area contributed by atoms with Crippen molar-refractivity contribution in [2.75, 3.05) is 27.2 Å². The molecule has 1 amide bonds. The Morgan fingerprint density at radius 1 is 1.23 bits per heavy atom. The molecule has 1 N–H and O–H groups in total. The summed E-state index contributed by atoms with van der Waals surface area (Å²) in [6.45, 7) is 0.957. The lowest BCUT2D eigenvalue weighted by molar-refractivity contribution is -0.384. The summed E-state index contributed by atoms with van der Waals surface area (Å²) in [5.74, 6) is -1.88. The molecule has 2 heterocycles. The van der Waals surface area contributed by atoms with Gasteiger partial charge in [-0.2, -0.15) is 0 Å². The number of hydrogen-bond donors (Lipinski definition) is 1. The number of likely N-dealkylation sites (tertiary alicyclic amines) is 1. The third kappa shape index (κ3) is 4.20. The molecule has 156 valence electrons. The number of rotatable bonds is 7. The highest BCUT2D eigenvalue weighted by Crippen LogP contribution is 2.40. The zero-order valence-electron chi connectivity index (χ0n) is 16.7. The Hall–Kier alpha value is -3.59. The van der Waals surface area contributed by atoms with Gasteiger partial charge in [0.05, 0.1) is 16.5 Å². The smallest absolute Gasteiger partial charge is 0.295 e. The largest absolute Gasteiger partial charge is 0.507 e. The highest BCUT2D eigenvalue weighted by Gasteiger charge is 2.46. The van der Waals surface area contributed by atoms with E-state index in [4.69, 9.17) is 0 Å². The molecule has 1 aliphatic rings. The Labute approximate surface area is 173 Å². The molecule has 0 aliphatic carbocycles. The van der Waals surface area contributed by atoms with Gasteiger partial charge in [-0.25, -0.2) is 0 Å². The Kier molecular flexibility index (Phi) is 6.22. The molecule has 30 heavy (non-hydrogen) atoms. The van der Waals surface area contributed by atoms with Gasteiger partial charge in [-0.3, -0.25) is 24.7 Å². The first-order chi connectivity index (χ1) is 14.3. The van der Waals surface area contributed by atoms with Crippen molar-refractivity contribution in [3.8, 4) is 0 Å². The van der Waals surface area contributed by atoms with Crippen LogP contribution >= 0.6 is 0 Å². The van der Waals surface area contributed by atoms with Gasteiger partial charge in [0.2, 0.25) is 0 Å². The molecular weight excluding hydrogens is 388 g/mol. The minimum Gasteiger partial charge on any atom is -0.507 e. The van der Waals surface area contributed by atoms with Gasteiger partial charge in [-0.1, -0.05) is 12.1 Å². The number of carbonyl (C=O) groups is 2. The van der Waals surface area contributed by atoms with Crippen molar-refractivity contribution in [3.63, 3.8) is 0 Å². The van der Waals surface area contributed by atoms with E-state index in [2.05, 4.69) is 4.98 Å². The topological polar surface area (TPSA) is 117 Å². The monoisotopic (exact) mass is 410 g/mol. The molecule has 1 aliphatic heterocycles. The predicted octanol–water partition coefficient (Wildman–Crippen LogP) is 2.36. The molecule has 9 nitrogen and oxygen atoms in total. The molecule has 3 rings (SSSR count). The molecule has 9 heteroatoms.